The summed E-state index contributed by atoms with van der Waals surface area (Å²) in [7, 11) is 0. The van der Waals surface area contributed by atoms with E-state index >= 15 is 0 Å². The van der Waals surface area contributed by atoms with Gasteiger partial charge in [0, 0.05) is 4.88 Å². The highest BCUT2D eigenvalue weighted by molar-refractivity contribution is 9.11. The molecule has 0 aliphatic rings. The third kappa shape index (κ3) is 3.75. The summed E-state index contributed by atoms with van der Waals surface area (Å²) in [6.45, 7) is 0.485. The number of guanidine groups is 2. The van der Waals surface area contributed by atoms with Crippen LogP contribution in [0.1, 0.15) is 4.88 Å². The molecule has 0 unspecified atom stereocenters. The highest BCUT2D eigenvalue weighted by Gasteiger charge is 1.96. The van der Waals surface area contributed by atoms with Crippen LogP contribution in [-0.4, -0.2) is 11.9 Å². The number of nitrogens with two attached hydrogens (primary N) is 3. The second kappa shape index (κ2) is 4.97. The fraction of sp³-hybridized carbons (Fsp3) is 0.143. The average molecular weight is 276 g/mol. The Morgan fingerprint density at radius 2 is 2.07 bits per heavy atom. The molecule has 0 amide bonds. The second-order valence-electron chi connectivity index (χ2n) is 2.42. The molecule has 76 valence electrons. The standard InChI is InChI=1S/C7H10BrN5S/c8-5-2-1-4(14-5)3-12-7(11)13-6(9)10/h1-2H,3H2,(H6,9,10,11,12,13). The largest absolute Gasteiger partial charge is 0.370 e. The summed E-state index contributed by atoms with van der Waals surface area (Å²) in [5, 5.41) is 0. The van der Waals surface area contributed by atoms with Crippen molar-refractivity contribution in [2.45, 2.75) is 6.54 Å². The number of aliphatic imine (C=N–C) groups is 2. The molecule has 5 nitrogen and oxygen atoms in total. The predicted molar refractivity (Wildman–Crippen MR) is 63.2 cm³/mol. The molecule has 7 heteroatoms. The fourth-order valence-electron chi connectivity index (χ4n) is 0.763. The summed E-state index contributed by atoms with van der Waals surface area (Å²) < 4.78 is 1.06. The maximum Gasteiger partial charge on any atom is 0.218 e. The zero-order valence-corrected chi connectivity index (χ0v) is 9.68. The summed E-state index contributed by atoms with van der Waals surface area (Å²) in [6, 6.07) is 3.91. The van der Waals surface area contributed by atoms with Crippen LogP contribution in [0.25, 0.3) is 0 Å². The van der Waals surface area contributed by atoms with Crippen LogP contribution in [0.3, 0.4) is 0 Å². The van der Waals surface area contributed by atoms with E-state index in [4.69, 9.17) is 17.2 Å². The van der Waals surface area contributed by atoms with E-state index in [-0.39, 0.29) is 11.9 Å². The number of halogens is 1. The molecule has 0 saturated heterocycles. The van der Waals surface area contributed by atoms with Crippen LogP contribution in [0.5, 0.6) is 0 Å². The summed E-state index contributed by atoms with van der Waals surface area (Å²) in [6.07, 6.45) is 0. The van der Waals surface area contributed by atoms with Gasteiger partial charge in [0.15, 0.2) is 5.96 Å². The molecule has 0 saturated carbocycles. The van der Waals surface area contributed by atoms with Gasteiger partial charge in [-0.3, -0.25) is 0 Å². The van der Waals surface area contributed by atoms with Crippen molar-refractivity contribution in [3.8, 4) is 0 Å². The van der Waals surface area contributed by atoms with E-state index in [1.54, 1.807) is 11.3 Å². The Labute approximate surface area is 93.8 Å². The fourth-order valence-corrected chi connectivity index (χ4v) is 2.17. The van der Waals surface area contributed by atoms with Crippen LogP contribution in [0, 0.1) is 0 Å². The van der Waals surface area contributed by atoms with Gasteiger partial charge in [-0.1, -0.05) is 0 Å². The van der Waals surface area contributed by atoms with E-state index in [1.165, 1.54) is 0 Å². The van der Waals surface area contributed by atoms with Crippen molar-refractivity contribution in [2.24, 2.45) is 27.2 Å². The van der Waals surface area contributed by atoms with Crippen LogP contribution < -0.4 is 17.2 Å². The lowest BCUT2D eigenvalue weighted by molar-refractivity contribution is 1.08. The molecule has 14 heavy (non-hydrogen) atoms. The van der Waals surface area contributed by atoms with Gasteiger partial charge in [0.05, 0.1) is 10.3 Å². The lowest BCUT2D eigenvalue weighted by Crippen LogP contribution is -2.26. The molecule has 1 heterocycles. The van der Waals surface area contributed by atoms with Crippen molar-refractivity contribution in [2.75, 3.05) is 0 Å². The van der Waals surface area contributed by atoms with Gasteiger partial charge < -0.3 is 17.2 Å². The molecule has 1 aromatic heterocycles. The summed E-state index contributed by atoms with van der Waals surface area (Å²) in [4.78, 5) is 8.67. The minimum Gasteiger partial charge on any atom is -0.370 e. The van der Waals surface area contributed by atoms with Crippen molar-refractivity contribution < 1.29 is 0 Å². The van der Waals surface area contributed by atoms with Crippen molar-refractivity contribution in [1.29, 1.82) is 0 Å². The first-order valence-electron chi connectivity index (χ1n) is 3.71. The smallest absolute Gasteiger partial charge is 0.218 e. The van der Waals surface area contributed by atoms with Gasteiger partial charge in [0.25, 0.3) is 0 Å². The van der Waals surface area contributed by atoms with Gasteiger partial charge >= 0.3 is 0 Å². The predicted octanol–water partition coefficient (Wildman–Crippen LogP) is 0.599. The molecule has 0 spiro atoms. The quantitative estimate of drug-likeness (QED) is 0.544. The molecule has 0 atom stereocenters. The van der Waals surface area contributed by atoms with Crippen molar-refractivity contribution >= 4 is 39.2 Å². The maximum atomic E-state index is 5.42. The minimum atomic E-state index is -0.0846. The van der Waals surface area contributed by atoms with E-state index in [0.29, 0.717) is 6.54 Å². The van der Waals surface area contributed by atoms with Gasteiger partial charge in [-0.05, 0) is 28.1 Å². The number of hydrogen-bond donors (Lipinski definition) is 3. The van der Waals surface area contributed by atoms with Crippen molar-refractivity contribution in [3.63, 3.8) is 0 Å². The second-order valence-corrected chi connectivity index (χ2v) is 4.96. The number of thiophene rings is 1. The summed E-state index contributed by atoms with van der Waals surface area (Å²) in [5.74, 6) is 0.00753. The number of hydrogen-bond acceptors (Lipinski definition) is 2. The Morgan fingerprint density at radius 3 is 2.57 bits per heavy atom. The van der Waals surface area contributed by atoms with Gasteiger partial charge in [-0.15, -0.1) is 11.3 Å². The topological polar surface area (TPSA) is 103 Å². The minimum absolute atomic E-state index is 0.0846. The van der Waals surface area contributed by atoms with Crippen LogP contribution in [-0.2, 0) is 6.54 Å². The lowest BCUT2D eigenvalue weighted by atomic mass is 10.5. The molecule has 0 aliphatic carbocycles. The lowest BCUT2D eigenvalue weighted by Gasteiger charge is -1.93. The Balaban J connectivity index is 2.59. The Kier molecular flexibility index (Phi) is 3.90. The highest BCUT2D eigenvalue weighted by atomic mass is 79.9. The third-order valence-electron chi connectivity index (χ3n) is 1.27. The van der Waals surface area contributed by atoms with Crippen LogP contribution >= 0.6 is 27.3 Å². The van der Waals surface area contributed by atoms with Crippen LogP contribution in [0.4, 0.5) is 0 Å². The SMILES string of the molecule is NC(N)=NC(N)=NCc1ccc(Br)s1. The third-order valence-corrected chi connectivity index (χ3v) is 2.88. The van der Waals surface area contributed by atoms with Crippen molar-refractivity contribution in [3.05, 3.63) is 20.8 Å². The van der Waals surface area contributed by atoms with Crippen molar-refractivity contribution in [1.82, 2.24) is 0 Å². The first-order chi connectivity index (χ1) is 6.58. The number of nitrogens with zero attached hydrogens (tertiary/aromatic N) is 2. The van der Waals surface area contributed by atoms with Gasteiger partial charge in [0.1, 0.15) is 0 Å². The summed E-state index contributed by atoms with van der Waals surface area (Å²) >= 11 is 4.94. The Hall–Kier alpha value is -1.08. The van der Waals surface area contributed by atoms with E-state index in [2.05, 4.69) is 25.9 Å². The summed E-state index contributed by atoms with van der Waals surface area (Å²) in [5.41, 5.74) is 15.7. The van der Waals surface area contributed by atoms with Gasteiger partial charge in [0.2, 0.25) is 5.96 Å². The van der Waals surface area contributed by atoms with Gasteiger partial charge in [-0.25, -0.2) is 4.99 Å². The highest BCUT2D eigenvalue weighted by Crippen LogP contribution is 2.22. The van der Waals surface area contributed by atoms with Crippen LogP contribution in [0.15, 0.2) is 25.9 Å². The molecule has 0 aromatic carbocycles. The molecule has 1 aromatic rings. The zero-order chi connectivity index (χ0) is 10.6. The monoisotopic (exact) mass is 275 g/mol. The van der Waals surface area contributed by atoms with E-state index in [0.717, 1.165) is 8.66 Å². The molecular formula is C7H10BrN5S. The van der Waals surface area contributed by atoms with Crippen LogP contribution in [0.2, 0.25) is 0 Å². The molecular weight excluding hydrogens is 266 g/mol. The molecule has 0 radical (unpaired) electrons. The Morgan fingerprint density at radius 1 is 1.36 bits per heavy atom. The Bertz CT molecular complexity index is 366. The molecule has 6 N–H and O–H groups in total. The average Bonchev–Trinajstić information content (AvgIpc) is 2.47. The molecule has 0 fully saturated rings. The number of rotatable bonds is 2. The normalized spacial score (nSPS) is 11.4. The van der Waals surface area contributed by atoms with Gasteiger partial charge in [-0.2, -0.15) is 4.99 Å². The maximum absolute atomic E-state index is 5.42. The van der Waals surface area contributed by atoms with E-state index in [9.17, 15) is 0 Å². The first-order valence-corrected chi connectivity index (χ1v) is 5.32. The molecule has 1 rings (SSSR count). The van der Waals surface area contributed by atoms with E-state index < -0.39 is 0 Å². The molecule has 0 aliphatic heterocycles. The molecule has 0 bridgehead atoms. The zero-order valence-electron chi connectivity index (χ0n) is 7.27. The van der Waals surface area contributed by atoms with E-state index in [1.807, 2.05) is 12.1 Å². The first kappa shape index (κ1) is 11.0.